The van der Waals surface area contributed by atoms with Gasteiger partial charge in [-0.2, -0.15) is 0 Å². The van der Waals surface area contributed by atoms with Gasteiger partial charge in [-0.15, -0.1) is 0 Å². The minimum absolute atomic E-state index is 0.0914. The summed E-state index contributed by atoms with van der Waals surface area (Å²) in [6.07, 6.45) is 9.66. The van der Waals surface area contributed by atoms with Gasteiger partial charge in [-0.05, 0) is 62.1 Å². The fourth-order valence-corrected chi connectivity index (χ4v) is 4.94. The number of para-hydroxylation sites is 1. The lowest BCUT2D eigenvalue weighted by molar-refractivity contribution is 0.324. The number of hydrogen-bond acceptors (Lipinski definition) is 2. The average molecular weight is 405 g/mol. The minimum atomic E-state index is 0.0914. The Morgan fingerprint density at radius 1 is 1.07 bits per heavy atom. The molecule has 0 heterocycles. The van der Waals surface area contributed by atoms with Gasteiger partial charge < -0.3 is 5.32 Å². The molecule has 0 aromatic heterocycles. The maximum Gasteiger partial charge on any atom is 0.0583 e. The van der Waals surface area contributed by atoms with Gasteiger partial charge in [-0.1, -0.05) is 87.6 Å². The van der Waals surface area contributed by atoms with Crippen LogP contribution in [0.2, 0.25) is 0 Å². The number of benzene rings is 2. The lowest BCUT2D eigenvalue weighted by Crippen LogP contribution is -2.27. The number of aliphatic imine (C=N–C) groups is 1. The number of rotatable bonds is 8. The molecule has 1 aliphatic carbocycles. The molecule has 0 bridgehead atoms. The molecule has 2 aromatic carbocycles. The Balaban J connectivity index is 1.95. The Morgan fingerprint density at radius 3 is 2.40 bits per heavy atom. The molecular formula is C28H40N2. The Kier molecular flexibility index (Phi) is 7.75. The van der Waals surface area contributed by atoms with Gasteiger partial charge in [0.15, 0.2) is 0 Å². The third-order valence-electron chi connectivity index (χ3n) is 6.70. The highest BCUT2D eigenvalue weighted by Gasteiger charge is 2.27. The molecule has 0 radical (unpaired) electrons. The molecule has 2 heteroatoms. The third kappa shape index (κ3) is 5.53. The van der Waals surface area contributed by atoms with Gasteiger partial charge >= 0.3 is 0 Å². The number of anilines is 1. The SMILES string of the molecule is CCCc1cccc([C@@H](C)CC(=NC2(C)CCCCC2)c2ccc(C)cc2)c1NC. The lowest BCUT2D eigenvalue weighted by Gasteiger charge is -2.31. The Hall–Kier alpha value is -2.09. The van der Waals surface area contributed by atoms with Crippen LogP contribution in [0.5, 0.6) is 0 Å². The molecule has 1 aliphatic rings. The summed E-state index contributed by atoms with van der Waals surface area (Å²) in [7, 11) is 2.06. The first-order valence-corrected chi connectivity index (χ1v) is 11.9. The first-order chi connectivity index (χ1) is 14.5. The molecule has 0 amide bonds. The minimum Gasteiger partial charge on any atom is -0.388 e. The summed E-state index contributed by atoms with van der Waals surface area (Å²) in [5, 5.41) is 3.50. The summed E-state index contributed by atoms with van der Waals surface area (Å²) in [6.45, 7) is 9.14. The van der Waals surface area contributed by atoms with Crippen molar-refractivity contribution in [3.05, 3.63) is 64.7 Å². The van der Waals surface area contributed by atoms with Crippen molar-refractivity contribution in [3.63, 3.8) is 0 Å². The number of aryl methyl sites for hydroxylation is 2. The van der Waals surface area contributed by atoms with Crippen LogP contribution in [0.15, 0.2) is 47.5 Å². The maximum absolute atomic E-state index is 5.44. The third-order valence-corrected chi connectivity index (χ3v) is 6.70. The largest absolute Gasteiger partial charge is 0.388 e. The van der Waals surface area contributed by atoms with E-state index in [0.717, 1.165) is 12.8 Å². The predicted molar refractivity (Wildman–Crippen MR) is 132 cm³/mol. The molecule has 2 nitrogen and oxygen atoms in total. The standard InChI is InChI=1S/C28H40N2/c1-6-11-24-12-10-13-25(27(24)29-5)22(3)20-26(23-16-14-21(2)15-17-23)30-28(4)18-8-7-9-19-28/h10,12-17,22,29H,6-9,11,18-20H2,1-5H3/t22-/m0/s1. The van der Waals surface area contributed by atoms with E-state index in [4.69, 9.17) is 4.99 Å². The van der Waals surface area contributed by atoms with Crippen molar-refractivity contribution >= 4 is 11.4 Å². The summed E-state index contributed by atoms with van der Waals surface area (Å²) >= 11 is 0. The van der Waals surface area contributed by atoms with E-state index in [1.807, 2.05) is 0 Å². The quantitative estimate of drug-likeness (QED) is 0.448. The van der Waals surface area contributed by atoms with E-state index in [9.17, 15) is 0 Å². The van der Waals surface area contributed by atoms with Crippen molar-refractivity contribution in [3.8, 4) is 0 Å². The summed E-state index contributed by atoms with van der Waals surface area (Å²) in [5.41, 5.74) is 8.12. The molecule has 1 atom stereocenters. The van der Waals surface area contributed by atoms with E-state index in [1.54, 1.807) is 0 Å². The van der Waals surface area contributed by atoms with E-state index in [2.05, 4.69) is 82.5 Å². The van der Waals surface area contributed by atoms with Crippen LogP contribution in [-0.2, 0) is 6.42 Å². The monoisotopic (exact) mass is 404 g/mol. The van der Waals surface area contributed by atoms with E-state index in [1.165, 1.54) is 72.2 Å². The van der Waals surface area contributed by atoms with Crippen LogP contribution in [0.4, 0.5) is 5.69 Å². The predicted octanol–water partition coefficient (Wildman–Crippen LogP) is 7.69. The Bertz CT molecular complexity index is 841. The summed E-state index contributed by atoms with van der Waals surface area (Å²) in [5.74, 6) is 0.413. The molecule has 1 saturated carbocycles. The van der Waals surface area contributed by atoms with Crippen LogP contribution in [0.3, 0.4) is 0 Å². The van der Waals surface area contributed by atoms with Crippen molar-refractivity contribution < 1.29 is 0 Å². The molecule has 0 spiro atoms. The van der Waals surface area contributed by atoms with Crippen molar-refractivity contribution in [2.45, 2.75) is 90.5 Å². The van der Waals surface area contributed by atoms with Crippen LogP contribution in [0, 0.1) is 6.92 Å². The highest BCUT2D eigenvalue weighted by atomic mass is 14.9. The van der Waals surface area contributed by atoms with E-state index >= 15 is 0 Å². The Morgan fingerprint density at radius 2 is 1.77 bits per heavy atom. The van der Waals surface area contributed by atoms with E-state index in [-0.39, 0.29) is 5.54 Å². The number of nitrogens with zero attached hydrogens (tertiary/aromatic N) is 1. The van der Waals surface area contributed by atoms with E-state index < -0.39 is 0 Å². The summed E-state index contributed by atoms with van der Waals surface area (Å²) in [4.78, 5) is 5.44. The Labute approximate surface area is 184 Å². The summed E-state index contributed by atoms with van der Waals surface area (Å²) < 4.78 is 0. The molecule has 1 N–H and O–H groups in total. The smallest absolute Gasteiger partial charge is 0.0583 e. The van der Waals surface area contributed by atoms with Gasteiger partial charge in [0, 0.05) is 18.4 Å². The zero-order valence-electron chi connectivity index (χ0n) is 19.7. The molecule has 1 fully saturated rings. The van der Waals surface area contributed by atoms with Crippen molar-refractivity contribution in [1.82, 2.24) is 0 Å². The number of hydrogen-bond donors (Lipinski definition) is 1. The topological polar surface area (TPSA) is 24.4 Å². The first-order valence-electron chi connectivity index (χ1n) is 11.9. The van der Waals surface area contributed by atoms with Gasteiger partial charge in [0.05, 0.1) is 5.54 Å². The maximum atomic E-state index is 5.44. The van der Waals surface area contributed by atoms with Gasteiger partial charge in [-0.3, -0.25) is 4.99 Å². The van der Waals surface area contributed by atoms with Gasteiger partial charge in [0.2, 0.25) is 0 Å². The second kappa shape index (κ2) is 10.3. The molecular weight excluding hydrogens is 364 g/mol. The molecule has 162 valence electrons. The number of nitrogens with one attached hydrogen (secondary N) is 1. The molecule has 0 unspecified atom stereocenters. The lowest BCUT2D eigenvalue weighted by atomic mass is 9.83. The van der Waals surface area contributed by atoms with Crippen molar-refractivity contribution in [2.75, 3.05) is 12.4 Å². The zero-order chi connectivity index (χ0) is 21.6. The molecule has 2 aromatic rings. The van der Waals surface area contributed by atoms with Crippen LogP contribution < -0.4 is 5.32 Å². The molecule has 0 aliphatic heterocycles. The van der Waals surface area contributed by atoms with Crippen molar-refractivity contribution in [1.29, 1.82) is 0 Å². The summed E-state index contributed by atoms with van der Waals surface area (Å²) in [6, 6.07) is 15.8. The van der Waals surface area contributed by atoms with Crippen molar-refractivity contribution in [2.24, 2.45) is 4.99 Å². The molecule has 30 heavy (non-hydrogen) atoms. The normalized spacial score (nSPS) is 17.6. The fraction of sp³-hybridized carbons (Fsp3) is 0.536. The average Bonchev–Trinajstić information content (AvgIpc) is 2.74. The van der Waals surface area contributed by atoms with Gasteiger partial charge in [0.25, 0.3) is 0 Å². The second-order valence-electron chi connectivity index (χ2n) is 9.47. The highest BCUT2D eigenvalue weighted by Crippen LogP contribution is 2.35. The zero-order valence-corrected chi connectivity index (χ0v) is 19.7. The second-order valence-corrected chi connectivity index (χ2v) is 9.47. The van der Waals surface area contributed by atoms with Crippen LogP contribution in [0.25, 0.3) is 0 Å². The van der Waals surface area contributed by atoms with Crippen LogP contribution in [-0.4, -0.2) is 18.3 Å². The van der Waals surface area contributed by atoms with Gasteiger partial charge in [-0.25, -0.2) is 0 Å². The van der Waals surface area contributed by atoms with Gasteiger partial charge in [0.1, 0.15) is 0 Å². The molecule has 3 rings (SSSR count). The van der Waals surface area contributed by atoms with Crippen LogP contribution >= 0.6 is 0 Å². The molecule has 0 saturated heterocycles. The highest BCUT2D eigenvalue weighted by molar-refractivity contribution is 6.01. The van der Waals surface area contributed by atoms with E-state index in [0.29, 0.717) is 5.92 Å². The first kappa shape index (κ1) is 22.6. The van der Waals surface area contributed by atoms with Crippen LogP contribution in [0.1, 0.15) is 93.9 Å². The fourth-order valence-electron chi connectivity index (χ4n) is 4.94.